The molecular weight excluding hydrogens is 458 g/mol. The average molecular weight is 476 g/mol. The lowest BCUT2D eigenvalue weighted by atomic mass is 9.79. The van der Waals surface area contributed by atoms with Crippen molar-refractivity contribution in [1.29, 1.82) is 0 Å². The van der Waals surface area contributed by atoms with Gasteiger partial charge in [0.2, 0.25) is 15.7 Å². The Morgan fingerprint density at radius 3 is 2.34 bits per heavy atom. The minimum absolute atomic E-state index is 0.00402. The molecule has 29 heavy (non-hydrogen) atoms. The Kier molecular flexibility index (Phi) is 4.33. The van der Waals surface area contributed by atoms with Gasteiger partial charge in [0.05, 0.1) is 26.5 Å². The minimum Gasteiger partial charge on any atom is -0.461 e. The Bertz CT molecular complexity index is 1090. The van der Waals surface area contributed by atoms with E-state index in [2.05, 4.69) is 21.2 Å². The number of hydrogen-bond acceptors (Lipinski definition) is 5. The highest BCUT2D eigenvalue weighted by Gasteiger charge is 2.67. The molecule has 2 aromatic carbocycles. The molecule has 1 N–H and O–H groups in total. The van der Waals surface area contributed by atoms with Gasteiger partial charge in [-0.05, 0) is 48.7 Å². The Labute approximate surface area is 176 Å². The lowest BCUT2D eigenvalue weighted by Gasteiger charge is -2.27. The number of carbonyl (C=O) groups is 2. The molecule has 2 bridgehead atoms. The molecule has 0 spiro atoms. The molecule has 6 nitrogen and oxygen atoms in total. The van der Waals surface area contributed by atoms with Crippen LogP contribution < -0.4 is 5.32 Å². The molecule has 0 aromatic heterocycles. The van der Waals surface area contributed by atoms with E-state index in [0.717, 1.165) is 6.42 Å². The monoisotopic (exact) mass is 475 g/mol. The molecule has 1 heterocycles. The van der Waals surface area contributed by atoms with E-state index in [0.29, 0.717) is 5.69 Å². The standard InChI is InChI=1S/C21H18BrNO5S/c22-18-14-10-15-17(21(25)28-19(15)18)16(14)20(24)23-11-6-8-13(9-7-11)29(26,27)12-4-2-1-3-5-12/h1-9,14-19H,10H2,(H,23,24)/t14-,15-,16-,17-,18+,19+/m1/s1. The van der Waals surface area contributed by atoms with Crippen LogP contribution in [0.2, 0.25) is 0 Å². The lowest BCUT2D eigenvalue weighted by molar-refractivity contribution is -0.145. The molecule has 5 rings (SSSR count). The third kappa shape index (κ3) is 2.84. The SMILES string of the molecule is O=C(Nc1ccc(S(=O)(=O)c2ccccc2)cc1)[C@@H]1[C@H]2C[C@H]3[C@H](OC(=O)[C@H]31)[C@H]2Br. The van der Waals surface area contributed by atoms with Crippen LogP contribution in [-0.4, -0.2) is 31.2 Å². The predicted molar refractivity (Wildman–Crippen MR) is 108 cm³/mol. The molecule has 3 fully saturated rings. The number of benzene rings is 2. The van der Waals surface area contributed by atoms with Gasteiger partial charge in [-0.15, -0.1) is 0 Å². The molecule has 2 saturated carbocycles. The Balaban J connectivity index is 1.34. The first kappa shape index (κ1) is 18.8. The summed E-state index contributed by atoms with van der Waals surface area (Å²) in [4.78, 5) is 25.5. The van der Waals surface area contributed by atoms with Crippen molar-refractivity contribution in [2.45, 2.75) is 27.1 Å². The summed E-state index contributed by atoms with van der Waals surface area (Å²) in [6.07, 6.45) is 0.688. The second kappa shape index (κ2) is 6.67. The molecule has 6 atom stereocenters. The topological polar surface area (TPSA) is 89.5 Å². The molecule has 1 saturated heterocycles. The van der Waals surface area contributed by atoms with Gasteiger partial charge in [0, 0.05) is 11.6 Å². The van der Waals surface area contributed by atoms with Crippen LogP contribution in [-0.2, 0) is 24.2 Å². The lowest BCUT2D eigenvalue weighted by Crippen LogP contribution is -2.40. The van der Waals surface area contributed by atoms with Crippen LogP contribution in [0.5, 0.6) is 0 Å². The van der Waals surface area contributed by atoms with E-state index < -0.39 is 15.8 Å². The molecule has 2 aromatic rings. The zero-order chi connectivity index (χ0) is 20.3. The average Bonchev–Trinajstić information content (AvgIpc) is 3.33. The normalized spacial score (nSPS) is 32.2. The van der Waals surface area contributed by atoms with Crippen molar-refractivity contribution in [2.24, 2.45) is 23.7 Å². The van der Waals surface area contributed by atoms with Crippen LogP contribution in [0.1, 0.15) is 6.42 Å². The van der Waals surface area contributed by atoms with Gasteiger partial charge in [-0.3, -0.25) is 9.59 Å². The van der Waals surface area contributed by atoms with E-state index in [-0.39, 0.29) is 50.4 Å². The number of sulfone groups is 1. The van der Waals surface area contributed by atoms with Crippen molar-refractivity contribution in [1.82, 2.24) is 0 Å². The molecule has 0 radical (unpaired) electrons. The Morgan fingerprint density at radius 2 is 1.66 bits per heavy atom. The molecule has 1 amide bonds. The smallest absolute Gasteiger partial charge is 0.310 e. The van der Waals surface area contributed by atoms with Crippen LogP contribution in [0.4, 0.5) is 5.69 Å². The van der Waals surface area contributed by atoms with E-state index >= 15 is 0 Å². The van der Waals surface area contributed by atoms with Crippen molar-refractivity contribution >= 4 is 43.3 Å². The summed E-state index contributed by atoms with van der Waals surface area (Å²) in [6, 6.07) is 14.3. The Hall–Kier alpha value is -2.19. The van der Waals surface area contributed by atoms with E-state index in [1.165, 1.54) is 12.1 Å². The van der Waals surface area contributed by atoms with Gasteiger partial charge in [0.1, 0.15) is 6.10 Å². The second-order valence-electron chi connectivity index (χ2n) is 7.79. The van der Waals surface area contributed by atoms with Crippen molar-refractivity contribution in [3.05, 3.63) is 54.6 Å². The Morgan fingerprint density at radius 1 is 1.00 bits per heavy atom. The van der Waals surface area contributed by atoms with Crippen LogP contribution >= 0.6 is 15.9 Å². The predicted octanol–water partition coefficient (Wildman–Crippen LogP) is 3.03. The highest BCUT2D eigenvalue weighted by Crippen LogP contribution is 2.60. The molecule has 0 unspecified atom stereocenters. The summed E-state index contributed by atoms with van der Waals surface area (Å²) in [5.41, 5.74) is 0.499. The van der Waals surface area contributed by atoms with Crippen LogP contribution in [0.15, 0.2) is 64.4 Å². The molecule has 8 heteroatoms. The number of halogens is 1. The quantitative estimate of drug-likeness (QED) is 0.542. The van der Waals surface area contributed by atoms with E-state index in [1.807, 2.05) is 0 Å². The van der Waals surface area contributed by atoms with Crippen LogP contribution in [0, 0.1) is 23.7 Å². The number of rotatable bonds is 4. The maximum atomic E-state index is 12.9. The summed E-state index contributed by atoms with van der Waals surface area (Å²) >= 11 is 3.60. The van der Waals surface area contributed by atoms with Gasteiger partial charge >= 0.3 is 5.97 Å². The first-order valence-corrected chi connectivity index (χ1v) is 11.8. The van der Waals surface area contributed by atoms with Gasteiger partial charge in [0.25, 0.3) is 0 Å². The van der Waals surface area contributed by atoms with E-state index in [4.69, 9.17) is 4.74 Å². The number of nitrogens with one attached hydrogen (secondary N) is 1. The van der Waals surface area contributed by atoms with Crippen molar-refractivity contribution < 1.29 is 22.7 Å². The fourth-order valence-electron chi connectivity index (χ4n) is 5.01. The number of hydrogen-bond donors (Lipinski definition) is 1. The number of ether oxygens (including phenoxy) is 1. The molecule has 150 valence electrons. The number of alkyl halides is 1. The van der Waals surface area contributed by atoms with Crippen molar-refractivity contribution in [3.8, 4) is 0 Å². The van der Waals surface area contributed by atoms with Crippen molar-refractivity contribution in [3.63, 3.8) is 0 Å². The second-order valence-corrected chi connectivity index (χ2v) is 10.8. The van der Waals surface area contributed by atoms with Gasteiger partial charge in [-0.2, -0.15) is 0 Å². The first-order chi connectivity index (χ1) is 13.9. The summed E-state index contributed by atoms with van der Waals surface area (Å²) in [6.45, 7) is 0. The zero-order valence-electron chi connectivity index (χ0n) is 15.2. The summed E-state index contributed by atoms with van der Waals surface area (Å²) < 4.78 is 30.8. The van der Waals surface area contributed by atoms with Gasteiger partial charge < -0.3 is 10.1 Å². The maximum Gasteiger partial charge on any atom is 0.310 e. The molecule has 1 aliphatic heterocycles. The number of carbonyl (C=O) groups excluding carboxylic acids is 2. The van der Waals surface area contributed by atoms with E-state index in [1.54, 1.807) is 42.5 Å². The van der Waals surface area contributed by atoms with E-state index in [9.17, 15) is 18.0 Å². The highest BCUT2D eigenvalue weighted by molar-refractivity contribution is 9.09. The largest absolute Gasteiger partial charge is 0.461 e. The minimum atomic E-state index is -3.61. The third-order valence-electron chi connectivity index (χ3n) is 6.31. The molecule has 3 aliphatic rings. The first-order valence-electron chi connectivity index (χ1n) is 9.43. The fourth-order valence-corrected chi connectivity index (χ4v) is 7.34. The number of anilines is 1. The molecular formula is C21H18BrNO5S. The molecule has 2 aliphatic carbocycles. The maximum absolute atomic E-state index is 12.9. The van der Waals surface area contributed by atoms with Gasteiger partial charge in [-0.25, -0.2) is 8.42 Å². The fraction of sp³-hybridized carbons (Fsp3) is 0.333. The summed E-state index contributed by atoms with van der Waals surface area (Å²) in [7, 11) is -3.61. The van der Waals surface area contributed by atoms with Gasteiger partial charge in [-0.1, -0.05) is 34.1 Å². The van der Waals surface area contributed by atoms with Gasteiger partial charge in [0.15, 0.2) is 0 Å². The van der Waals surface area contributed by atoms with Crippen LogP contribution in [0.25, 0.3) is 0 Å². The summed E-state index contributed by atoms with van der Waals surface area (Å²) in [5, 5.41) is 2.85. The zero-order valence-corrected chi connectivity index (χ0v) is 17.6. The van der Waals surface area contributed by atoms with Crippen molar-refractivity contribution in [2.75, 3.05) is 5.32 Å². The third-order valence-corrected chi connectivity index (χ3v) is 9.30. The number of esters is 1. The van der Waals surface area contributed by atoms with Crippen LogP contribution in [0.3, 0.4) is 0 Å². The highest BCUT2D eigenvalue weighted by atomic mass is 79.9. The number of fused-ring (bicyclic) bond motifs is 1. The number of amides is 1. The summed E-state index contributed by atoms with van der Waals surface area (Å²) in [5.74, 6) is -1.14.